The summed E-state index contributed by atoms with van der Waals surface area (Å²) in [6.45, 7) is 12.0. The molecule has 0 N–H and O–H groups in total. The highest BCUT2D eigenvalue weighted by atomic mass is 16.5. The van der Waals surface area contributed by atoms with E-state index in [9.17, 15) is 0 Å². The number of methoxy groups -OCH3 is 1. The molecule has 142 valence electrons. The van der Waals surface area contributed by atoms with Crippen LogP contribution in [0.25, 0.3) is 0 Å². The second-order valence-corrected chi connectivity index (χ2v) is 6.65. The zero-order valence-electron chi connectivity index (χ0n) is 16.8. The number of ether oxygens (including phenoxy) is 2. The van der Waals surface area contributed by atoms with Crippen LogP contribution in [0.1, 0.15) is 50.7 Å². The number of anilines is 1. The molecule has 3 heteroatoms. The molecule has 0 aliphatic heterocycles. The van der Waals surface area contributed by atoms with Crippen molar-refractivity contribution < 1.29 is 9.47 Å². The summed E-state index contributed by atoms with van der Waals surface area (Å²) in [6, 6.07) is 6.63. The van der Waals surface area contributed by atoms with E-state index in [-0.39, 0.29) is 0 Å². The normalized spacial score (nSPS) is 13.7. The van der Waals surface area contributed by atoms with E-state index in [0.717, 1.165) is 45.3 Å². The minimum atomic E-state index is 0.689. The molecule has 0 bridgehead atoms. The molecular formula is C23H33NO2. The van der Waals surface area contributed by atoms with Gasteiger partial charge >= 0.3 is 0 Å². The predicted octanol–water partition coefficient (Wildman–Crippen LogP) is 5.90. The zero-order chi connectivity index (χ0) is 18.9. The highest BCUT2D eigenvalue weighted by molar-refractivity contribution is 5.58. The molecule has 26 heavy (non-hydrogen) atoms. The van der Waals surface area contributed by atoms with Gasteiger partial charge in [-0.2, -0.15) is 0 Å². The topological polar surface area (TPSA) is 21.7 Å². The Morgan fingerprint density at radius 1 is 1.23 bits per heavy atom. The standard InChI is InChI=1S/C23H33NO2/c1-6-24(19(4)25-5)22-16-15-18(3)17-21(22)13-10-12-20-11-8-9-14-23(20)26-7-2/h8,11,15-17H,4,6-7,9-10,12-14H2,1-3,5H3. The van der Waals surface area contributed by atoms with Gasteiger partial charge < -0.3 is 14.4 Å². The Bertz CT molecular complexity index is 673. The molecule has 1 aromatic carbocycles. The predicted molar refractivity (Wildman–Crippen MR) is 110 cm³/mol. The van der Waals surface area contributed by atoms with Gasteiger partial charge in [0.2, 0.25) is 0 Å². The third-order valence-corrected chi connectivity index (χ3v) is 4.80. The third kappa shape index (κ3) is 5.17. The number of hydrogen-bond donors (Lipinski definition) is 0. The molecule has 1 aromatic rings. The van der Waals surface area contributed by atoms with Crippen LogP contribution in [0.3, 0.4) is 0 Å². The maximum absolute atomic E-state index is 5.83. The van der Waals surface area contributed by atoms with Crippen molar-refractivity contribution in [2.45, 2.75) is 52.9 Å². The minimum absolute atomic E-state index is 0.689. The number of hydrogen-bond acceptors (Lipinski definition) is 3. The van der Waals surface area contributed by atoms with Crippen LogP contribution in [0, 0.1) is 6.92 Å². The highest BCUT2D eigenvalue weighted by Crippen LogP contribution is 2.29. The maximum atomic E-state index is 5.83. The SMILES string of the molecule is C=C(OC)N(CC)c1ccc(C)cc1CCCC1=C(OCC)CCC=C1. The molecule has 2 rings (SSSR count). The fraction of sp³-hybridized carbons (Fsp3) is 0.478. The van der Waals surface area contributed by atoms with Crippen molar-refractivity contribution in [1.29, 1.82) is 0 Å². The highest BCUT2D eigenvalue weighted by Gasteiger charge is 2.14. The lowest BCUT2D eigenvalue weighted by molar-refractivity contribution is 0.213. The molecule has 1 aliphatic carbocycles. The van der Waals surface area contributed by atoms with E-state index < -0.39 is 0 Å². The second kappa shape index (κ2) is 10.1. The van der Waals surface area contributed by atoms with Crippen molar-refractivity contribution >= 4 is 5.69 Å². The number of aryl methyl sites for hydroxylation is 2. The summed E-state index contributed by atoms with van der Waals surface area (Å²) in [4.78, 5) is 2.14. The number of rotatable bonds is 10. The molecule has 3 nitrogen and oxygen atoms in total. The molecule has 0 fully saturated rings. The van der Waals surface area contributed by atoms with Crippen molar-refractivity contribution in [2.24, 2.45) is 0 Å². The number of allylic oxidation sites excluding steroid dienone is 4. The summed E-state index contributed by atoms with van der Waals surface area (Å²) in [7, 11) is 1.68. The van der Waals surface area contributed by atoms with Gasteiger partial charge in [0.25, 0.3) is 0 Å². The minimum Gasteiger partial charge on any atom is -0.498 e. The van der Waals surface area contributed by atoms with Gasteiger partial charge in [0.15, 0.2) is 5.88 Å². The molecular weight excluding hydrogens is 322 g/mol. The van der Waals surface area contributed by atoms with E-state index in [2.05, 4.69) is 62.6 Å². The molecule has 1 aliphatic rings. The third-order valence-electron chi connectivity index (χ3n) is 4.80. The van der Waals surface area contributed by atoms with Crippen LogP contribution < -0.4 is 4.90 Å². The Labute approximate surface area is 159 Å². The molecule has 0 heterocycles. The fourth-order valence-corrected chi connectivity index (χ4v) is 3.49. The van der Waals surface area contributed by atoms with E-state index in [1.807, 2.05) is 0 Å². The summed E-state index contributed by atoms with van der Waals surface area (Å²) >= 11 is 0. The van der Waals surface area contributed by atoms with Gasteiger partial charge in [0, 0.05) is 18.7 Å². The van der Waals surface area contributed by atoms with E-state index in [1.54, 1.807) is 7.11 Å². The number of benzene rings is 1. The first-order valence-electron chi connectivity index (χ1n) is 9.72. The average Bonchev–Trinajstić information content (AvgIpc) is 2.65. The van der Waals surface area contributed by atoms with Crippen LogP contribution in [0.15, 0.2) is 54.1 Å². The summed E-state index contributed by atoms with van der Waals surface area (Å²) < 4.78 is 11.2. The molecule has 0 saturated heterocycles. The molecule has 0 amide bonds. The zero-order valence-corrected chi connectivity index (χ0v) is 16.8. The monoisotopic (exact) mass is 355 g/mol. The van der Waals surface area contributed by atoms with Crippen molar-refractivity contribution in [3.8, 4) is 0 Å². The van der Waals surface area contributed by atoms with Gasteiger partial charge in [-0.05, 0) is 70.2 Å². The first-order valence-corrected chi connectivity index (χ1v) is 9.72. The Hall–Kier alpha value is -2.16. The van der Waals surface area contributed by atoms with Gasteiger partial charge in [-0.25, -0.2) is 0 Å². The lowest BCUT2D eigenvalue weighted by Crippen LogP contribution is -2.23. The van der Waals surface area contributed by atoms with E-state index in [0.29, 0.717) is 5.88 Å². The fourth-order valence-electron chi connectivity index (χ4n) is 3.49. The molecule has 0 unspecified atom stereocenters. The Morgan fingerprint density at radius 3 is 2.73 bits per heavy atom. The van der Waals surface area contributed by atoms with Gasteiger partial charge in [-0.3, -0.25) is 0 Å². The van der Waals surface area contributed by atoms with Crippen LogP contribution in [0.5, 0.6) is 0 Å². The first kappa shape index (κ1) is 20.2. The van der Waals surface area contributed by atoms with Crippen molar-refractivity contribution in [1.82, 2.24) is 0 Å². The van der Waals surface area contributed by atoms with E-state index >= 15 is 0 Å². The van der Waals surface area contributed by atoms with Crippen molar-refractivity contribution in [3.63, 3.8) is 0 Å². The van der Waals surface area contributed by atoms with Gasteiger partial charge in [0.1, 0.15) is 0 Å². The lowest BCUT2D eigenvalue weighted by atomic mass is 9.97. The Balaban J connectivity index is 2.12. The van der Waals surface area contributed by atoms with Gasteiger partial charge in [-0.15, -0.1) is 0 Å². The average molecular weight is 356 g/mol. The molecule has 0 saturated carbocycles. The smallest absolute Gasteiger partial charge is 0.186 e. The van der Waals surface area contributed by atoms with Crippen LogP contribution in [0.4, 0.5) is 5.69 Å². The molecule has 0 radical (unpaired) electrons. The number of nitrogens with zero attached hydrogens (tertiary/aromatic N) is 1. The molecule has 0 atom stereocenters. The van der Waals surface area contributed by atoms with Crippen molar-refractivity contribution in [2.75, 3.05) is 25.2 Å². The van der Waals surface area contributed by atoms with E-state index in [4.69, 9.17) is 9.47 Å². The first-order chi connectivity index (χ1) is 12.6. The quantitative estimate of drug-likeness (QED) is 0.488. The van der Waals surface area contributed by atoms with Gasteiger partial charge in [0.05, 0.1) is 19.5 Å². The van der Waals surface area contributed by atoms with Gasteiger partial charge in [-0.1, -0.05) is 29.8 Å². The Morgan fingerprint density at radius 2 is 2.04 bits per heavy atom. The van der Waals surface area contributed by atoms with E-state index in [1.165, 1.54) is 28.1 Å². The lowest BCUT2D eigenvalue weighted by Gasteiger charge is -2.26. The molecule has 0 aromatic heterocycles. The second-order valence-electron chi connectivity index (χ2n) is 6.65. The van der Waals surface area contributed by atoms with Crippen LogP contribution in [0.2, 0.25) is 0 Å². The largest absolute Gasteiger partial charge is 0.498 e. The molecule has 0 spiro atoms. The van der Waals surface area contributed by atoms with Crippen LogP contribution in [-0.2, 0) is 15.9 Å². The summed E-state index contributed by atoms with van der Waals surface area (Å²) in [5, 5.41) is 0. The van der Waals surface area contributed by atoms with Crippen molar-refractivity contribution in [3.05, 3.63) is 65.3 Å². The maximum Gasteiger partial charge on any atom is 0.186 e. The van der Waals surface area contributed by atoms with Crippen LogP contribution in [-0.4, -0.2) is 20.3 Å². The summed E-state index contributed by atoms with van der Waals surface area (Å²) in [5.74, 6) is 1.87. The summed E-state index contributed by atoms with van der Waals surface area (Å²) in [5.41, 5.74) is 5.20. The Kier molecular flexibility index (Phi) is 7.83. The summed E-state index contributed by atoms with van der Waals surface area (Å²) in [6.07, 6.45) is 9.81. The van der Waals surface area contributed by atoms with Crippen LogP contribution >= 0.6 is 0 Å².